The Labute approximate surface area is 119 Å². The van der Waals surface area contributed by atoms with Crippen molar-refractivity contribution in [2.45, 2.75) is 13.5 Å². The normalized spacial score (nSPS) is 10.7. The van der Waals surface area contributed by atoms with Gasteiger partial charge in [-0.3, -0.25) is 9.59 Å². The number of hydrogen-bond acceptors (Lipinski definition) is 4. The molecule has 21 heavy (non-hydrogen) atoms. The number of carbonyl (C=O) groups is 1. The summed E-state index contributed by atoms with van der Waals surface area (Å²) in [6.07, 6.45) is 2.35. The van der Waals surface area contributed by atoms with Gasteiger partial charge in [0.1, 0.15) is 11.5 Å². The van der Waals surface area contributed by atoms with E-state index in [1.165, 1.54) is 6.20 Å². The van der Waals surface area contributed by atoms with Crippen LogP contribution in [0.1, 0.15) is 21.9 Å². The zero-order valence-corrected chi connectivity index (χ0v) is 11.3. The van der Waals surface area contributed by atoms with Gasteiger partial charge >= 0.3 is 0 Å². The minimum absolute atomic E-state index is 0.154. The molecule has 0 bridgehead atoms. The predicted molar refractivity (Wildman–Crippen MR) is 76.9 cm³/mol. The van der Waals surface area contributed by atoms with Gasteiger partial charge in [0, 0.05) is 6.20 Å². The molecule has 0 aliphatic rings. The lowest BCUT2D eigenvalue weighted by molar-refractivity contribution is 0.0944. The van der Waals surface area contributed by atoms with Gasteiger partial charge in [-0.05, 0) is 24.6 Å². The van der Waals surface area contributed by atoms with Gasteiger partial charge in [-0.2, -0.15) is 0 Å². The summed E-state index contributed by atoms with van der Waals surface area (Å²) in [6.45, 7) is 2.26. The first kappa shape index (κ1) is 13.0. The van der Waals surface area contributed by atoms with Crippen LogP contribution < -0.4 is 10.9 Å². The number of H-pyrrole nitrogens is 2. The molecular weight excluding hydrogens is 270 g/mol. The Bertz CT molecular complexity index is 845. The van der Waals surface area contributed by atoms with E-state index in [1.807, 2.05) is 25.1 Å². The summed E-state index contributed by atoms with van der Waals surface area (Å²) in [5.41, 5.74) is 2.73. The maximum atomic E-state index is 11.9. The van der Waals surface area contributed by atoms with E-state index in [2.05, 4.69) is 25.3 Å². The number of aryl methyl sites for hydroxylation is 1. The van der Waals surface area contributed by atoms with E-state index in [0.29, 0.717) is 5.82 Å². The summed E-state index contributed by atoms with van der Waals surface area (Å²) < 4.78 is 0. The van der Waals surface area contributed by atoms with Crippen molar-refractivity contribution in [1.82, 2.24) is 25.3 Å². The van der Waals surface area contributed by atoms with Crippen LogP contribution in [0.3, 0.4) is 0 Å². The van der Waals surface area contributed by atoms with E-state index in [-0.39, 0.29) is 23.7 Å². The molecule has 106 valence electrons. The molecular formula is C14H13N5O2. The molecule has 7 nitrogen and oxygen atoms in total. The Kier molecular flexibility index (Phi) is 3.23. The van der Waals surface area contributed by atoms with E-state index in [0.717, 1.165) is 22.8 Å². The largest absolute Gasteiger partial charge is 0.343 e. The third-order valence-electron chi connectivity index (χ3n) is 3.01. The number of amides is 1. The first-order valence-electron chi connectivity index (χ1n) is 6.40. The summed E-state index contributed by atoms with van der Waals surface area (Å²) in [7, 11) is 0. The second-order valence-corrected chi connectivity index (χ2v) is 4.68. The molecule has 7 heteroatoms. The van der Waals surface area contributed by atoms with Crippen LogP contribution in [0.25, 0.3) is 11.0 Å². The monoisotopic (exact) mass is 283 g/mol. The average molecular weight is 283 g/mol. The van der Waals surface area contributed by atoms with Crippen molar-refractivity contribution in [3.8, 4) is 0 Å². The zero-order chi connectivity index (χ0) is 14.8. The van der Waals surface area contributed by atoms with E-state index in [1.54, 1.807) is 0 Å². The molecule has 2 heterocycles. The number of nitrogens with zero attached hydrogens (tertiary/aromatic N) is 2. The van der Waals surface area contributed by atoms with Crippen molar-refractivity contribution in [3.05, 3.63) is 58.0 Å². The lowest BCUT2D eigenvalue weighted by atomic mass is 10.2. The SMILES string of the molecule is Cc1ccc2nc(CNC(=O)c3c[nH]c(=O)cn3)[nH]c2c1. The number of imidazole rings is 1. The molecule has 0 saturated heterocycles. The molecule has 0 spiro atoms. The Morgan fingerprint density at radius 2 is 2.24 bits per heavy atom. The predicted octanol–water partition coefficient (Wildman–Crippen LogP) is 0.885. The van der Waals surface area contributed by atoms with Crippen molar-refractivity contribution >= 4 is 16.9 Å². The highest BCUT2D eigenvalue weighted by atomic mass is 16.2. The molecule has 0 unspecified atom stereocenters. The Balaban J connectivity index is 1.72. The van der Waals surface area contributed by atoms with Crippen molar-refractivity contribution in [3.63, 3.8) is 0 Å². The highest BCUT2D eigenvalue weighted by molar-refractivity contribution is 5.91. The van der Waals surface area contributed by atoms with Crippen molar-refractivity contribution in [2.75, 3.05) is 0 Å². The summed E-state index contributed by atoms with van der Waals surface area (Å²) in [6, 6.07) is 5.91. The van der Waals surface area contributed by atoms with Gasteiger partial charge in [-0.15, -0.1) is 0 Å². The standard InChI is InChI=1S/C14H13N5O2/c1-8-2-3-9-10(4-8)19-12(18-9)6-17-14(21)11-5-16-13(20)7-15-11/h2-5,7H,6H2,1H3,(H,16,20)(H,17,21)(H,18,19). The number of nitrogens with one attached hydrogen (secondary N) is 3. The average Bonchev–Trinajstić information content (AvgIpc) is 2.87. The highest BCUT2D eigenvalue weighted by Crippen LogP contribution is 2.13. The first-order chi connectivity index (χ1) is 10.1. The number of aromatic amines is 2. The van der Waals surface area contributed by atoms with Crippen LogP contribution in [0.2, 0.25) is 0 Å². The van der Waals surface area contributed by atoms with Gasteiger partial charge < -0.3 is 15.3 Å². The number of hydrogen-bond donors (Lipinski definition) is 3. The fourth-order valence-electron chi connectivity index (χ4n) is 1.98. The minimum Gasteiger partial charge on any atom is -0.343 e. The molecule has 2 aromatic heterocycles. The lowest BCUT2D eigenvalue weighted by Gasteiger charge is -2.01. The summed E-state index contributed by atoms with van der Waals surface area (Å²) in [5.74, 6) is 0.288. The molecule has 0 aliphatic carbocycles. The van der Waals surface area contributed by atoms with Crippen LogP contribution in [0, 0.1) is 6.92 Å². The van der Waals surface area contributed by atoms with Gasteiger partial charge in [0.25, 0.3) is 11.5 Å². The topological polar surface area (TPSA) is 104 Å². The highest BCUT2D eigenvalue weighted by Gasteiger charge is 2.08. The van der Waals surface area contributed by atoms with Gasteiger partial charge in [0.15, 0.2) is 0 Å². The molecule has 0 fully saturated rings. The maximum Gasteiger partial charge on any atom is 0.271 e. The van der Waals surface area contributed by atoms with E-state index < -0.39 is 0 Å². The fourth-order valence-corrected chi connectivity index (χ4v) is 1.98. The summed E-state index contributed by atoms with van der Waals surface area (Å²) >= 11 is 0. The third-order valence-corrected chi connectivity index (χ3v) is 3.01. The van der Waals surface area contributed by atoms with Crippen molar-refractivity contribution in [2.24, 2.45) is 0 Å². The number of fused-ring (bicyclic) bond motifs is 1. The molecule has 0 aliphatic heterocycles. The van der Waals surface area contributed by atoms with Crippen LogP contribution in [-0.4, -0.2) is 25.8 Å². The van der Waals surface area contributed by atoms with Crippen molar-refractivity contribution in [1.29, 1.82) is 0 Å². The first-order valence-corrected chi connectivity index (χ1v) is 6.40. The van der Waals surface area contributed by atoms with E-state index >= 15 is 0 Å². The summed E-state index contributed by atoms with van der Waals surface area (Å²) in [4.78, 5) is 36.4. The van der Waals surface area contributed by atoms with E-state index in [4.69, 9.17) is 0 Å². The number of rotatable bonds is 3. The van der Waals surface area contributed by atoms with E-state index in [9.17, 15) is 9.59 Å². The van der Waals surface area contributed by atoms with Gasteiger partial charge in [0.05, 0.1) is 23.8 Å². The molecule has 1 aromatic carbocycles. The fraction of sp³-hybridized carbons (Fsp3) is 0.143. The smallest absolute Gasteiger partial charge is 0.271 e. The molecule has 3 N–H and O–H groups in total. The molecule has 3 rings (SSSR count). The van der Waals surface area contributed by atoms with Crippen LogP contribution >= 0.6 is 0 Å². The van der Waals surface area contributed by atoms with Crippen LogP contribution in [0.5, 0.6) is 0 Å². The quantitative estimate of drug-likeness (QED) is 0.664. The zero-order valence-electron chi connectivity index (χ0n) is 11.3. The Morgan fingerprint density at radius 3 is 3.00 bits per heavy atom. The maximum absolute atomic E-state index is 11.9. The van der Waals surface area contributed by atoms with Gasteiger partial charge in [-0.1, -0.05) is 6.07 Å². The number of aromatic nitrogens is 4. The summed E-state index contributed by atoms with van der Waals surface area (Å²) in [5, 5.41) is 2.69. The molecule has 3 aromatic rings. The molecule has 0 saturated carbocycles. The van der Waals surface area contributed by atoms with Crippen LogP contribution in [0.15, 0.2) is 35.4 Å². The Hall–Kier alpha value is -2.96. The molecule has 1 amide bonds. The third kappa shape index (κ3) is 2.81. The number of benzene rings is 1. The second-order valence-electron chi connectivity index (χ2n) is 4.68. The number of carbonyl (C=O) groups excluding carboxylic acids is 1. The van der Waals surface area contributed by atoms with Crippen molar-refractivity contribution < 1.29 is 4.79 Å². The molecule has 0 radical (unpaired) electrons. The van der Waals surface area contributed by atoms with Gasteiger partial charge in [-0.25, -0.2) is 9.97 Å². The lowest BCUT2D eigenvalue weighted by Crippen LogP contribution is -2.25. The van der Waals surface area contributed by atoms with Gasteiger partial charge in [0.2, 0.25) is 0 Å². The molecule has 0 atom stereocenters. The second kappa shape index (κ2) is 5.20. The minimum atomic E-state index is -0.372. The van der Waals surface area contributed by atoms with Crippen LogP contribution in [-0.2, 0) is 6.54 Å². The van der Waals surface area contributed by atoms with Crippen LogP contribution in [0.4, 0.5) is 0 Å². The Morgan fingerprint density at radius 1 is 1.38 bits per heavy atom.